The minimum absolute atomic E-state index is 0.356. The highest BCUT2D eigenvalue weighted by atomic mass is 35.6. The molecule has 1 rings (SSSR count). The Kier molecular flexibility index (Phi) is 3.94. The van der Waals surface area contributed by atoms with Crippen LogP contribution in [-0.2, 0) is 0 Å². The zero-order valence-electron chi connectivity index (χ0n) is 8.07. The molecule has 0 N–H and O–H groups in total. The van der Waals surface area contributed by atoms with Crippen molar-refractivity contribution < 1.29 is 4.79 Å². The predicted molar refractivity (Wildman–Crippen MR) is 65.5 cm³/mol. The largest absolute Gasteiger partial charge is 0.289 e. The van der Waals surface area contributed by atoms with Crippen molar-refractivity contribution in [2.45, 2.75) is 17.6 Å². The first-order valence-corrected chi connectivity index (χ1v) is 5.63. The molecule has 0 aliphatic rings. The van der Waals surface area contributed by atoms with Crippen LogP contribution in [0.15, 0.2) is 12.1 Å². The highest BCUT2D eigenvalue weighted by Crippen LogP contribution is 2.32. The summed E-state index contributed by atoms with van der Waals surface area (Å²) in [7, 11) is 0. The summed E-state index contributed by atoms with van der Waals surface area (Å²) in [4.78, 5) is 11.6. The summed E-state index contributed by atoms with van der Waals surface area (Å²) in [5.74, 6) is -0.546. The van der Waals surface area contributed by atoms with E-state index in [0.29, 0.717) is 10.6 Å². The van der Waals surface area contributed by atoms with E-state index in [-0.39, 0.29) is 0 Å². The van der Waals surface area contributed by atoms with E-state index >= 15 is 0 Å². The van der Waals surface area contributed by atoms with Crippen molar-refractivity contribution in [1.82, 2.24) is 0 Å². The van der Waals surface area contributed by atoms with Crippen molar-refractivity contribution >= 4 is 52.2 Å². The van der Waals surface area contributed by atoms with Gasteiger partial charge in [-0.15, -0.1) is 0 Å². The molecule has 0 unspecified atom stereocenters. The van der Waals surface area contributed by atoms with Gasteiger partial charge in [-0.2, -0.15) is 0 Å². The third-order valence-electron chi connectivity index (χ3n) is 1.96. The monoisotopic (exact) mass is 284 g/mol. The molecule has 0 bridgehead atoms. The van der Waals surface area contributed by atoms with Crippen LogP contribution in [-0.4, -0.2) is 9.58 Å². The Labute approximate surface area is 108 Å². The molecule has 0 heterocycles. The van der Waals surface area contributed by atoms with E-state index in [0.717, 1.165) is 11.1 Å². The van der Waals surface area contributed by atoms with Crippen molar-refractivity contribution in [1.29, 1.82) is 0 Å². The number of benzene rings is 1. The van der Waals surface area contributed by atoms with Crippen LogP contribution in [0.4, 0.5) is 0 Å². The summed E-state index contributed by atoms with van der Waals surface area (Å²) >= 11 is 22.5. The Morgan fingerprint density at radius 3 is 1.87 bits per heavy atom. The summed E-state index contributed by atoms with van der Waals surface area (Å²) in [6.07, 6.45) is 0. The lowest BCUT2D eigenvalue weighted by molar-refractivity contribution is 0.0996. The van der Waals surface area contributed by atoms with Crippen LogP contribution in [0.5, 0.6) is 0 Å². The lowest BCUT2D eigenvalue weighted by atomic mass is 10.0. The second-order valence-electron chi connectivity index (χ2n) is 3.25. The number of aryl methyl sites for hydroxylation is 2. The van der Waals surface area contributed by atoms with Crippen LogP contribution in [0.3, 0.4) is 0 Å². The molecule has 5 heteroatoms. The van der Waals surface area contributed by atoms with Crippen LogP contribution in [0.1, 0.15) is 21.5 Å². The van der Waals surface area contributed by atoms with Gasteiger partial charge in [-0.3, -0.25) is 4.79 Å². The van der Waals surface area contributed by atoms with Gasteiger partial charge >= 0.3 is 0 Å². The highest BCUT2D eigenvalue weighted by Gasteiger charge is 2.31. The zero-order valence-corrected chi connectivity index (χ0v) is 11.1. The van der Waals surface area contributed by atoms with Crippen LogP contribution in [0.25, 0.3) is 0 Å². The average molecular weight is 286 g/mol. The van der Waals surface area contributed by atoms with Gasteiger partial charge in [0.25, 0.3) is 3.79 Å². The van der Waals surface area contributed by atoms with Crippen molar-refractivity contribution in [2.24, 2.45) is 0 Å². The Morgan fingerprint density at radius 1 is 1.13 bits per heavy atom. The maximum atomic E-state index is 11.6. The van der Waals surface area contributed by atoms with E-state index in [1.54, 1.807) is 26.0 Å². The molecule has 1 aromatic rings. The molecule has 0 aliphatic carbocycles. The molecular formula is C10H8Cl4O. The Hall–Kier alpha value is 0.0500. The molecule has 0 spiro atoms. The van der Waals surface area contributed by atoms with E-state index in [2.05, 4.69) is 0 Å². The van der Waals surface area contributed by atoms with Gasteiger partial charge in [0.15, 0.2) is 0 Å². The third kappa shape index (κ3) is 3.01. The minimum atomic E-state index is -1.92. The lowest BCUT2D eigenvalue weighted by Crippen LogP contribution is -2.19. The molecule has 0 fully saturated rings. The molecule has 0 amide bonds. The summed E-state index contributed by atoms with van der Waals surface area (Å²) in [6, 6.07) is 3.22. The van der Waals surface area contributed by atoms with Crippen molar-refractivity contribution in [3.05, 3.63) is 33.8 Å². The number of carbonyl (C=O) groups excluding carboxylic acids is 1. The van der Waals surface area contributed by atoms with Crippen molar-refractivity contribution in [2.75, 3.05) is 0 Å². The number of Topliss-reactive ketones (excluding diaryl/α,β-unsaturated/α-hetero) is 1. The average Bonchev–Trinajstić information content (AvgIpc) is 2.10. The van der Waals surface area contributed by atoms with Gasteiger partial charge in [0.2, 0.25) is 5.78 Å². The van der Waals surface area contributed by atoms with Gasteiger partial charge in [-0.1, -0.05) is 46.4 Å². The van der Waals surface area contributed by atoms with Gasteiger partial charge in [-0.05, 0) is 37.1 Å². The number of rotatable bonds is 1. The van der Waals surface area contributed by atoms with Gasteiger partial charge in [0.05, 0.1) is 0 Å². The Balaban J connectivity index is 3.24. The van der Waals surface area contributed by atoms with E-state index < -0.39 is 9.58 Å². The van der Waals surface area contributed by atoms with Crippen LogP contribution < -0.4 is 0 Å². The minimum Gasteiger partial charge on any atom is -0.289 e. The van der Waals surface area contributed by atoms with Gasteiger partial charge in [0.1, 0.15) is 0 Å². The van der Waals surface area contributed by atoms with E-state index in [1.807, 2.05) is 0 Å². The van der Waals surface area contributed by atoms with Crippen molar-refractivity contribution in [3.8, 4) is 0 Å². The maximum Gasteiger partial charge on any atom is 0.253 e. The second kappa shape index (κ2) is 4.50. The normalized spacial score (nSPS) is 11.6. The predicted octanol–water partition coefficient (Wildman–Crippen LogP) is 4.51. The summed E-state index contributed by atoms with van der Waals surface area (Å²) in [5.41, 5.74) is 1.93. The molecule has 0 saturated heterocycles. The first-order chi connectivity index (χ1) is 6.73. The molecule has 15 heavy (non-hydrogen) atoms. The topological polar surface area (TPSA) is 17.1 Å². The van der Waals surface area contributed by atoms with Gasteiger partial charge in [0, 0.05) is 10.6 Å². The molecule has 0 atom stereocenters. The zero-order chi connectivity index (χ0) is 11.8. The smallest absolute Gasteiger partial charge is 0.253 e. The fourth-order valence-corrected chi connectivity index (χ4v) is 1.68. The quantitative estimate of drug-likeness (QED) is 0.548. The van der Waals surface area contributed by atoms with E-state index in [9.17, 15) is 4.79 Å². The molecule has 0 saturated carbocycles. The fourth-order valence-electron chi connectivity index (χ4n) is 1.24. The molecule has 1 nitrogen and oxygen atoms in total. The summed E-state index contributed by atoms with van der Waals surface area (Å²) in [6.45, 7) is 3.59. The van der Waals surface area contributed by atoms with Crippen molar-refractivity contribution in [3.63, 3.8) is 0 Å². The third-order valence-corrected chi connectivity index (χ3v) is 3.07. The number of alkyl halides is 3. The van der Waals surface area contributed by atoms with Crippen LogP contribution in [0, 0.1) is 13.8 Å². The summed E-state index contributed by atoms with van der Waals surface area (Å²) in [5, 5.41) is 0.621. The number of ketones is 1. The Bertz CT molecular complexity index is 383. The summed E-state index contributed by atoms with van der Waals surface area (Å²) < 4.78 is -1.92. The first kappa shape index (κ1) is 13.1. The number of hydrogen-bond acceptors (Lipinski definition) is 1. The molecular weight excluding hydrogens is 278 g/mol. The van der Waals surface area contributed by atoms with E-state index in [4.69, 9.17) is 46.4 Å². The number of carbonyl (C=O) groups is 1. The molecule has 0 aromatic heterocycles. The first-order valence-electron chi connectivity index (χ1n) is 4.11. The maximum absolute atomic E-state index is 11.6. The molecule has 0 radical (unpaired) electrons. The molecule has 82 valence electrons. The van der Waals surface area contributed by atoms with Crippen LogP contribution >= 0.6 is 46.4 Å². The Morgan fingerprint density at radius 2 is 1.53 bits per heavy atom. The second-order valence-corrected chi connectivity index (χ2v) is 5.91. The SMILES string of the molecule is Cc1cc(C(=O)C(Cl)(Cl)Cl)cc(C)c1Cl. The molecule has 1 aromatic carbocycles. The highest BCUT2D eigenvalue weighted by molar-refractivity contribution is 6.77. The van der Waals surface area contributed by atoms with Gasteiger partial charge < -0.3 is 0 Å². The van der Waals surface area contributed by atoms with E-state index in [1.165, 1.54) is 0 Å². The molecule has 0 aliphatic heterocycles. The number of hydrogen-bond donors (Lipinski definition) is 0. The fraction of sp³-hybridized carbons (Fsp3) is 0.300. The standard InChI is InChI=1S/C10H8Cl4O/c1-5-3-7(4-6(2)8(5)11)9(15)10(12,13)14/h3-4H,1-2H3. The van der Waals surface area contributed by atoms with Gasteiger partial charge in [-0.25, -0.2) is 0 Å². The lowest BCUT2D eigenvalue weighted by Gasteiger charge is -2.11. The number of halogens is 4. The van der Waals surface area contributed by atoms with Crippen LogP contribution in [0.2, 0.25) is 5.02 Å².